The fraction of sp³-hybridized carbons (Fsp3) is 0.500. The van der Waals surface area contributed by atoms with Crippen LogP contribution in [0.4, 0.5) is 10.1 Å². The molecule has 2 aromatic carbocycles. The molecule has 5 N–H and O–H groups in total. The van der Waals surface area contributed by atoms with E-state index in [9.17, 15) is 19.1 Å². The van der Waals surface area contributed by atoms with Crippen LogP contribution < -0.4 is 21.5 Å². The number of rotatable bonds is 6. The van der Waals surface area contributed by atoms with E-state index in [0.717, 1.165) is 50.8 Å². The van der Waals surface area contributed by atoms with Gasteiger partial charge in [0, 0.05) is 43.6 Å². The minimum atomic E-state index is -0.243. The van der Waals surface area contributed by atoms with Gasteiger partial charge < -0.3 is 15.7 Å². The summed E-state index contributed by atoms with van der Waals surface area (Å²) in [6.07, 6.45) is 4.38. The topological polar surface area (TPSA) is 106 Å². The molecule has 2 heterocycles. The number of piperidine rings is 1. The quantitative estimate of drug-likeness (QED) is 0.383. The number of aromatic hydroxyl groups is 1. The fourth-order valence-corrected chi connectivity index (χ4v) is 6.17. The Kier molecular flexibility index (Phi) is 7.73. The van der Waals surface area contributed by atoms with E-state index in [1.54, 1.807) is 18.2 Å². The summed E-state index contributed by atoms with van der Waals surface area (Å²) in [5.41, 5.74) is 8.80. The number of nitrogens with zero attached hydrogens (tertiary/aromatic N) is 1. The van der Waals surface area contributed by atoms with Gasteiger partial charge in [-0.05, 0) is 68.3 Å². The highest BCUT2D eigenvalue weighted by Crippen LogP contribution is 2.41. The third-order valence-electron chi connectivity index (χ3n) is 8.02. The molecule has 2 aliphatic heterocycles. The first-order chi connectivity index (χ1) is 17.9. The molecule has 2 amide bonds. The number of phenols is 1. The lowest BCUT2D eigenvalue weighted by atomic mass is 9.74. The molecule has 5 atom stereocenters. The van der Waals surface area contributed by atoms with Crippen LogP contribution in [0.3, 0.4) is 0 Å². The smallest absolute Gasteiger partial charge is 0.223 e. The molecule has 8 nitrogen and oxygen atoms in total. The predicted molar refractivity (Wildman–Crippen MR) is 139 cm³/mol. The maximum Gasteiger partial charge on any atom is 0.223 e. The van der Waals surface area contributed by atoms with Crippen molar-refractivity contribution in [3.63, 3.8) is 0 Å². The maximum absolute atomic E-state index is 14.1. The number of likely N-dealkylation sites (tertiary alicyclic amines) is 1. The number of halogens is 1. The number of hydrogen-bond donors (Lipinski definition) is 5. The zero-order chi connectivity index (χ0) is 25.9. The van der Waals surface area contributed by atoms with Crippen molar-refractivity contribution in [2.75, 3.05) is 18.4 Å². The molecule has 3 fully saturated rings. The number of phenolic OH excluding ortho intramolecular Hbond substituents is 1. The largest absolute Gasteiger partial charge is 0.506 e. The van der Waals surface area contributed by atoms with Gasteiger partial charge in [-0.15, -0.1) is 0 Å². The molecular weight excluding hydrogens is 473 g/mol. The van der Waals surface area contributed by atoms with Gasteiger partial charge in [0.25, 0.3) is 0 Å². The molecule has 0 bridgehead atoms. The van der Waals surface area contributed by atoms with E-state index in [4.69, 9.17) is 0 Å². The highest BCUT2D eigenvalue weighted by Gasteiger charge is 2.43. The van der Waals surface area contributed by atoms with E-state index in [1.807, 2.05) is 18.2 Å². The molecule has 0 spiro atoms. The van der Waals surface area contributed by atoms with Crippen molar-refractivity contribution in [1.82, 2.24) is 21.1 Å². The van der Waals surface area contributed by atoms with Crippen LogP contribution in [0.25, 0.3) is 0 Å². The Morgan fingerprint density at radius 1 is 1.14 bits per heavy atom. The van der Waals surface area contributed by atoms with Gasteiger partial charge in [0.2, 0.25) is 11.8 Å². The SMILES string of the molecule is CC(=O)Nc1cc(C2NNC3CCC(C(=O)N[C@@H]4CCCN(Cc5ccccc5F)C4)CC32)ccc1O. The lowest BCUT2D eigenvalue weighted by Gasteiger charge is -2.36. The number of hydrogen-bond acceptors (Lipinski definition) is 6. The summed E-state index contributed by atoms with van der Waals surface area (Å²) in [4.78, 5) is 27.1. The van der Waals surface area contributed by atoms with Gasteiger partial charge in [-0.2, -0.15) is 0 Å². The van der Waals surface area contributed by atoms with Gasteiger partial charge in [0.15, 0.2) is 0 Å². The number of nitrogens with one attached hydrogen (secondary N) is 4. The Morgan fingerprint density at radius 2 is 1.97 bits per heavy atom. The molecule has 2 aromatic rings. The summed E-state index contributed by atoms with van der Waals surface area (Å²) in [6, 6.07) is 12.4. The van der Waals surface area contributed by atoms with Crippen molar-refractivity contribution in [3.05, 3.63) is 59.4 Å². The minimum Gasteiger partial charge on any atom is -0.506 e. The van der Waals surface area contributed by atoms with Crippen molar-refractivity contribution in [2.45, 2.75) is 63.7 Å². The van der Waals surface area contributed by atoms with Crippen molar-refractivity contribution in [2.24, 2.45) is 11.8 Å². The summed E-state index contributed by atoms with van der Waals surface area (Å²) in [6.45, 7) is 3.59. The van der Waals surface area contributed by atoms with Crippen LogP contribution in [-0.4, -0.2) is 47.0 Å². The summed E-state index contributed by atoms with van der Waals surface area (Å²) >= 11 is 0. The Bertz CT molecular complexity index is 1140. The molecule has 3 aliphatic rings. The van der Waals surface area contributed by atoms with Gasteiger partial charge in [-0.1, -0.05) is 24.3 Å². The summed E-state index contributed by atoms with van der Waals surface area (Å²) < 4.78 is 14.1. The average Bonchev–Trinajstić information content (AvgIpc) is 3.30. The molecule has 0 aromatic heterocycles. The van der Waals surface area contributed by atoms with Gasteiger partial charge in [0.05, 0.1) is 11.7 Å². The lowest BCUT2D eigenvalue weighted by molar-refractivity contribution is -0.127. The van der Waals surface area contributed by atoms with Crippen LogP contribution in [0.15, 0.2) is 42.5 Å². The third-order valence-corrected chi connectivity index (χ3v) is 8.02. The van der Waals surface area contributed by atoms with Crippen molar-refractivity contribution in [3.8, 4) is 5.75 Å². The normalized spacial score (nSPS) is 27.9. The summed E-state index contributed by atoms with van der Waals surface area (Å²) in [5.74, 6) is -0.156. The predicted octanol–water partition coefficient (Wildman–Crippen LogP) is 3.20. The molecule has 1 saturated carbocycles. The van der Waals surface area contributed by atoms with Gasteiger partial charge in [-0.25, -0.2) is 9.82 Å². The van der Waals surface area contributed by atoms with Crippen molar-refractivity contribution < 1.29 is 19.1 Å². The Morgan fingerprint density at radius 3 is 2.78 bits per heavy atom. The number of hydrazine groups is 1. The molecular formula is C28H36FN5O3. The first kappa shape index (κ1) is 25.6. The van der Waals surface area contributed by atoms with Crippen molar-refractivity contribution >= 4 is 17.5 Å². The van der Waals surface area contributed by atoms with Gasteiger partial charge >= 0.3 is 0 Å². The molecule has 4 unspecified atom stereocenters. The number of carbonyl (C=O) groups is 2. The monoisotopic (exact) mass is 509 g/mol. The maximum atomic E-state index is 14.1. The second kappa shape index (κ2) is 11.2. The van der Waals surface area contributed by atoms with E-state index >= 15 is 0 Å². The average molecular weight is 510 g/mol. The highest BCUT2D eigenvalue weighted by molar-refractivity contribution is 5.90. The van der Waals surface area contributed by atoms with Crippen LogP contribution in [0.1, 0.15) is 56.2 Å². The number of benzene rings is 2. The molecule has 2 saturated heterocycles. The highest BCUT2D eigenvalue weighted by atomic mass is 19.1. The zero-order valence-corrected chi connectivity index (χ0v) is 21.2. The van der Waals surface area contributed by atoms with E-state index in [2.05, 4.69) is 26.4 Å². The Balaban J connectivity index is 1.20. The number of anilines is 1. The second-order valence-corrected chi connectivity index (χ2v) is 10.7. The van der Waals surface area contributed by atoms with E-state index in [-0.39, 0.29) is 53.3 Å². The molecule has 9 heteroatoms. The summed E-state index contributed by atoms with van der Waals surface area (Å²) in [5, 5.41) is 16.1. The van der Waals surface area contributed by atoms with Crippen LogP contribution in [0, 0.1) is 17.7 Å². The molecule has 0 radical (unpaired) electrons. The van der Waals surface area contributed by atoms with Crippen LogP contribution in [0.2, 0.25) is 0 Å². The third kappa shape index (κ3) is 5.95. The molecule has 5 rings (SSSR count). The van der Waals surface area contributed by atoms with Crippen LogP contribution >= 0.6 is 0 Å². The fourth-order valence-electron chi connectivity index (χ4n) is 6.17. The number of fused-ring (bicyclic) bond motifs is 1. The van der Waals surface area contributed by atoms with Crippen LogP contribution in [-0.2, 0) is 16.1 Å². The van der Waals surface area contributed by atoms with E-state index in [1.165, 1.54) is 13.0 Å². The first-order valence-electron chi connectivity index (χ1n) is 13.2. The Labute approximate surface area is 217 Å². The zero-order valence-electron chi connectivity index (χ0n) is 21.2. The van der Waals surface area contributed by atoms with Gasteiger partial charge in [0.1, 0.15) is 11.6 Å². The number of carbonyl (C=O) groups excluding carboxylic acids is 2. The first-order valence-corrected chi connectivity index (χ1v) is 13.2. The molecule has 1 aliphatic carbocycles. The molecule has 37 heavy (non-hydrogen) atoms. The van der Waals surface area contributed by atoms with Crippen molar-refractivity contribution in [1.29, 1.82) is 0 Å². The second-order valence-electron chi connectivity index (χ2n) is 10.7. The van der Waals surface area contributed by atoms with Gasteiger partial charge in [-0.3, -0.25) is 19.9 Å². The molecule has 198 valence electrons. The lowest BCUT2D eigenvalue weighted by Crippen LogP contribution is -2.50. The van der Waals surface area contributed by atoms with E-state index in [0.29, 0.717) is 17.8 Å². The van der Waals surface area contributed by atoms with Crippen LogP contribution in [0.5, 0.6) is 5.75 Å². The van der Waals surface area contributed by atoms with E-state index < -0.39 is 0 Å². The number of amides is 2. The standard InChI is InChI=1S/C28H36FN5O3/c1-17(35)30-25-14-18(9-11-26(25)36)27-22-13-19(8-10-24(22)32-33-27)28(37)31-21-6-4-12-34(16-21)15-20-5-2-3-7-23(20)29/h2-3,5,7,9,11,14,19,21-22,24,27,32-33,36H,4,6,8,10,12-13,15-16H2,1H3,(H,30,35)(H,31,37)/t19?,21-,22?,24?,27?/m1/s1. The summed E-state index contributed by atoms with van der Waals surface area (Å²) in [7, 11) is 0. The Hall–Kier alpha value is -3.01. The minimum absolute atomic E-state index is 0.0267.